The summed E-state index contributed by atoms with van der Waals surface area (Å²) in [7, 11) is -3.68. The van der Waals surface area contributed by atoms with Crippen LogP contribution in [0.25, 0.3) is 11.0 Å². The van der Waals surface area contributed by atoms with Gasteiger partial charge in [0.05, 0.1) is 11.1 Å². The highest BCUT2D eigenvalue weighted by Gasteiger charge is 2.29. The fourth-order valence-corrected chi connectivity index (χ4v) is 4.57. The van der Waals surface area contributed by atoms with Crippen molar-refractivity contribution in [2.24, 2.45) is 10.1 Å². The summed E-state index contributed by atoms with van der Waals surface area (Å²) in [6.07, 6.45) is 3.45. The first-order chi connectivity index (χ1) is 16.2. The minimum Gasteiger partial charge on any atom is -0.366 e. The summed E-state index contributed by atoms with van der Waals surface area (Å²) in [5.74, 6) is 0.360. The lowest BCUT2D eigenvalue weighted by Gasteiger charge is -2.42. The standard InChI is InChI=1S/C22H28N8O3S/c1-4-34(32,33)28-22(27-17-7-5-6-16(10-17)19(23)31)30-9-8-29(12-15(30)3)21-18-14(2)11-24-20(18)25-13-26-21/h5-7,10-11,13,15H,4,8-9,12H2,1-3H3,(H2,23,31)(H,27,28)(H,24,25,26). The second-order valence-corrected chi connectivity index (χ2v) is 10.2. The zero-order chi connectivity index (χ0) is 24.5. The third-order valence-corrected chi connectivity index (χ3v) is 7.02. The fourth-order valence-electron chi connectivity index (χ4n) is 4.02. The summed E-state index contributed by atoms with van der Waals surface area (Å²) in [5, 5.41) is 4.07. The van der Waals surface area contributed by atoms with Crippen molar-refractivity contribution in [3.63, 3.8) is 0 Å². The highest BCUT2D eigenvalue weighted by atomic mass is 32.2. The molecule has 1 atom stereocenters. The van der Waals surface area contributed by atoms with E-state index in [9.17, 15) is 13.2 Å². The topological polar surface area (TPSA) is 150 Å². The molecule has 34 heavy (non-hydrogen) atoms. The van der Waals surface area contributed by atoms with Gasteiger partial charge in [-0.25, -0.2) is 18.4 Å². The Morgan fingerprint density at radius 1 is 1.32 bits per heavy atom. The van der Waals surface area contributed by atoms with Crippen LogP contribution >= 0.6 is 0 Å². The summed E-state index contributed by atoms with van der Waals surface area (Å²) in [5.41, 5.74) is 8.08. The summed E-state index contributed by atoms with van der Waals surface area (Å²) < 4.78 is 28.9. The number of piperazine rings is 1. The number of nitrogens with zero attached hydrogens (tertiary/aromatic N) is 5. The molecule has 1 amide bonds. The molecule has 1 unspecified atom stereocenters. The molecule has 180 valence electrons. The van der Waals surface area contributed by atoms with Gasteiger partial charge in [-0.1, -0.05) is 6.07 Å². The van der Waals surface area contributed by atoms with Crippen molar-refractivity contribution < 1.29 is 13.2 Å². The molecule has 0 saturated carbocycles. The largest absolute Gasteiger partial charge is 0.366 e. The monoisotopic (exact) mass is 484 g/mol. The van der Waals surface area contributed by atoms with Crippen molar-refractivity contribution in [2.45, 2.75) is 26.8 Å². The summed E-state index contributed by atoms with van der Waals surface area (Å²) in [6.45, 7) is 7.28. The van der Waals surface area contributed by atoms with Crippen LogP contribution in [0.5, 0.6) is 0 Å². The highest BCUT2D eigenvalue weighted by Crippen LogP contribution is 2.28. The van der Waals surface area contributed by atoms with Crippen LogP contribution in [-0.2, 0) is 10.0 Å². The number of aromatic nitrogens is 3. The molecule has 11 nitrogen and oxygen atoms in total. The van der Waals surface area contributed by atoms with Gasteiger partial charge < -0.3 is 25.8 Å². The Balaban J connectivity index is 1.62. The van der Waals surface area contributed by atoms with Gasteiger partial charge in [-0.15, -0.1) is 4.40 Å². The normalized spacial score (nSPS) is 17.3. The third kappa shape index (κ3) is 4.81. The number of nitrogens with one attached hydrogen (secondary N) is 2. The fraction of sp³-hybridized carbons (Fsp3) is 0.364. The molecular weight excluding hydrogens is 456 g/mol. The van der Waals surface area contributed by atoms with Crippen LogP contribution in [0, 0.1) is 6.92 Å². The first kappa shape index (κ1) is 23.5. The van der Waals surface area contributed by atoms with E-state index in [1.165, 1.54) is 0 Å². The van der Waals surface area contributed by atoms with Crippen LogP contribution in [0.4, 0.5) is 11.5 Å². The number of hydrogen-bond acceptors (Lipinski definition) is 6. The number of rotatable bonds is 5. The number of aryl methyl sites for hydroxylation is 1. The van der Waals surface area contributed by atoms with Gasteiger partial charge in [0.25, 0.3) is 10.0 Å². The lowest BCUT2D eigenvalue weighted by molar-refractivity contribution is 0.100. The Labute approximate surface area is 198 Å². The van der Waals surface area contributed by atoms with Crippen molar-refractivity contribution in [2.75, 3.05) is 35.6 Å². The number of benzene rings is 1. The SMILES string of the molecule is CCS(=O)(=O)N=C(Nc1cccc(C(N)=O)c1)N1CCN(c2ncnc3[nH]cc(C)c23)CC1C. The van der Waals surface area contributed by atoms with E-state index < -0.39 is 15.9 Å². The Bertz CT molecular complexity index is 1350. The van der Waals surface area contributed by atoms with Gasteiger partial charge >= 0.3 is 0 Å². The number of amides is 1. The summed E-state index contributed by atoms with van der Waals surface area (Å²) in [6, 6.07) is 6.49. The van der Waals surface area contributed by atoms with Crippen LogP contribution in [0.1, 0.15) is 29.8 Å². The van der Waals surface area contributed by atoms with Crippen molar-refractivity contribution in [1.29, 1.82) is 0 Å². The molecule has 0 radical (unpaired) electrons. The Morgan fingerprint density at radius 3 is 2.82 bits per heavy atom. The van der Waals surface area contributed by atoms with E-state index in [1.807, 2.05) is 24.9 Å². The van der Waals surface area contributed by atoms with E-state index in [0.717, 1.165) is 22.4 Å². The molecule has 1 saturated heterocycles. The van der Waals surface area contributed by atoms with E-state index in [-0.39, 0.29) is 17.8 Å². The lowest BCUT2D eigenvalue weighted by Crippen LogP contribution is -2.56. The number of primary amides is 1. The molecule has 0 aliphatic carbocycles. The molecule has 0 spiro atoms. The minimum atomic E-state index is -3.68. The predicted octanol–water partition coefficient (Wildman–Crippen LogP) is 1.69. The lowest BCUT2D eigenvalue weighted by atomic mass is 10.1. The second-order valence-electron chi connectivity index (χ2n) is 8.24. The molecular formula is C22H28N8O3S. The first-order valence-corrected chi connectivity index (χ1v) is 12.6. The number of guanidine groups is 1. The smallest absolute Gasteiger partial charge is 0.256 e. The molecule has 12 heteroatoms. The van der Waals surface area contributed by atoms with E-state index in [4.69, 9.17) is 5.73 Å². The number of H-pyrrole nitrogens is 1. The summed E-state index contributed by atoms with van der Waals surface area (Å²) >= 11 is 0. The number of hydrogen-bond donors (Lipinski definition) is 3. The van der Waals surface area contributed by atoms with Crippen LogP contribution in [0.15, 0.2) is 41.2 Å². The zero-order valence-electron chi connectivity index (χ0n) is 19.3. The van der Waals surface area contributed by atoms with E-state index in [1.54, 1.807) is 37.5 Å². The quantitative estimate of drug-likeness (QED) is 0.366. The second kappa shape index (κ2) is 9.29. The van der Waals surface area contributed by atoms with Gasteiger partial charge in [-0.2, -0.15) is 0 Å². The average Bonchev–Trinajstić information content (AvgIpc) is 3.19. The molecule has 4 N–H and O–H groups in total. The van der Waals surface area contributed by atoms with Gasteiger partial charge in [0.2, 0.25) is 11.9 Å². The number of carbonyl (C=O) groups is 1. The van der Waals surface area contributed by atoms with E-state index >= 15 is 0 Å². The number of nitrogens with two attached hydrogens (primary N) is 1. The van der Waals surface area contributed by atoms with E-state index in [0.29, 0.717) is 30.9 Å². The maximum absolute atomic E-state index is 12.4. The van der Waals surface area contributed by atoms with Crippen LogP contribution in [-0.4, -0.2) is 71.6 Å². The van der Waals surface area contributed by atoms with Gasteiger partial charge in [0.15, 0.2) is 0 Å². The van der Waals surface area contributed by atoms with Gasteiger partial charge in [-0.05, 0) is 44.5 Å². The Hall–Kier alpha value is -3.67. The van der Waals surface area contributed by atoms with Crippen molar-refractivity contribution in [3.8, 4) is 0 Å². The molecule has 3 aromatic rings. The number of carbonyl (C=O) groups excluding carboxylic acids is 1. The van der Waals surface area contributed by atoms with Gasteiger partial charge in [-0.3, -0.25) is 4.79 Å². The first-order valence-electron chi connectivity index (χ1n) is 11.0. The van der Waals surface area contributed by atoms with Gasteiger partial charge in [0.1, 0.15) is 17.8 Å². The number of sulfonamides is 1. The average molecular weight is 485 g/mol. The van der Waals surface area contributed by atoms with Crippen LogP contribution in [0.3, 0.4) is 0 Å². The number of aromatic amines is 1. The minimum absolute atomic E-state index is 0.0874. The maximum Gasteiger partial charge on any atom is 0.256 e. The van der Waals surface area contributed by atoms with Crippen LogP contribution < -0.4 is 16.0 Å². The predicted molar refractivity (Wildman–Crippen MR) is 132 cm³/mol. The van der Waals surface area contributed by atoms with E-state index in [2.05, 4.69) is 29.6 Å². The zero-order valence-corrected chi connectivity index (χ0v) is 20.1. The van der Waals surface area contributed by atoms with Crippen molar-refractivity contribution >= 4 is 44.4 Å². The van der Waals surface area contributed by atoms with Gasteiger partial charge in [0, 0.05) is 43.1 Å². The third-order valence-electron chi connectivity index (χ3n) is 5.84. The molecule has 3 heterocycles. The molecule has 4 rings (SSSR count). The molecule has 1 aliphatic heterocycles. The molecule has 2 aromatic heterocycles. The van der Waals surface area contributed by atoms with Crippen LogP contribution in [0.2, 0.25) is 0 Å². The summed E-state index contributed by atoms with van der Waals surface area (Å²) in [4.78, 5) is 27.7. The highest BCUT2D eigenvalue weighted by molar-refractivity contribution is 7.90. The molecule has 1 fully saturated rings. The Morgan fingerprint density at radius 2 is 2.12 bits per heavy atom. The number of anilines is 2. The van der Waals surface area contributed by atoms with Crippen molar-refractivity contribution in [3.05, 3.63) is 47.9 Å². The maximum atomic E-state index is 12.4. The number of fused-ring (bicyclic) bond motifs is 1. The molecule has 0 bridgehead atoms. The Kier molecular flexibility index (Phi) is 6.42. The van der Waals surface area contributed by atoms with Crippen molar-refractivity contribution in [1.82, 2.24) is 19.9 Å². The molecule has 1 aliphatic rings. The molecule has 1 aromatic carbocycles.